The summed E-state index contributed by atoms with van der Waals surface area (Å²) in [6.45, 7) is 2.71. The molecule has 1 N–H and O–H groups in total. The van der Waals surface area contributed by atoms with Gasteiger partial charge in [-0.15, -0.1) is 0 Å². The summed E-state index contributed by atoms with van der Waals surface area (Å²) < 4.78 is 29.0. The van der Waals surface area contributed by atoms with Gasteiger partial charge in [0.2, 0.25) is 0 Å². The molecule has 0 fully saturated rings. The molecule has 0 aliphatic heterocycles. The number of hydrogen-bond acceptors (Lipinski definition) is 3. The standard InChI is InChI=1S/C12H15FO4S/c1-12(2,11(14)15)18(16)7-8-4-5-9(17-3)6-10(8)13/h4-6H,7H2,1-3H3,(H,14,15). The Morgan fingerprint density at radius 3 is 2.56 bits per heavy atom. The first-order chi connectivity index (χ1) is 8.28. The van der Waals surface area contributed by atoms with E-state index < -0.39 is 27.3 Å². The van der Waals surface area contributed by atoms with Crippen molar-refractivity contribution in [2.75, 3.05) is 7.11 Å². The first-order valence-electron chi connectivity index (χ1n) is 5.23. The zero-order valence-corrected chi connectivity index (χ0v) is 11.2. The predicted molar refractivity (Wildman–Crippen MR) is 66.5 cm³/mol. The number of methoxy groups -OCH3 is 1. The van der Waals surface area contributed by atoms with Crippen molar-refractivity contribution in [2.24, 2.45) is 0 Å². The molecule has 0 radical (unpaired) electrons. The monoisotopic (exact) mass is 274 g/mol. The highest BCUT2D eigenvalue weighted by Crippen LogP contribution is 2.22. The van der Waals surface area contributed by atoms with Gasteiger partial charge in [0.1, 0.15) is 16.3 Å². The van der Waals surface area contributed by atoms with Gasteiger partial charge in [-0.2, -0.15) is 0 Å². The van der Waals surface area contributed by atoms with Gasteiger partial charge >= 0.3 is 5.97 Å². The van der Waals surface area contributed by atoms with E-state index in [-0.39, 0.29) is 11.3 Å². The van der Waals surface area contributed by atoms with Gasteiger partial charge in [-0.05, 0) is 19.9 Å². The van der Waals surface area contributed by atoms with Crippen LogP contribution in [0.15, 0.2) is 18.2 Å². The van der Waals surface area contributed by atoms with Crippen molar-refractivity contribution < 1.29 is 23.2 Å². The first-order valence-corrected chi connectivity index (χ1v) is 6.55. The fourth-order valence-corrected chi connectivity index (χ4v) is 2.26. The predicted octanol–water partition coefficient (Wildman–Crippen LogP) is 1.95. The van der Waals surface area contributed by atoms with Gasteiger partial charge in [0.25, 0.3) is 0 Å². The minimum atomic E-state index is -1.71. The van der Waals surface area contributed by atoms with Crippen molar-refractivity contribution in [1.82, 2.24) is 0 Å². The lowest BCUT2D eigenvalue weighted by atomic mass is 10.2. The third-order valence-electron chi connectivity index (χ3n) is 2.63. The van der Waals surface area contributed by atoms with E-state index >= 15 is 0 Å². The molecule has 6 heteroatoms. The number of ether oxygens (including phenoxy) is 1. The van der Waals surface area contributed by atoms with Crippen molar-refractivity contribution in [3.05, 3.63) is 29.6 Å². The van der Waals surface area contributed by atoms with E-state index in [4.69, 9.17) is 9.84 Å². The van der Waals surface area contributed by atoms with E-state index in [1.807, 2.05) is 0 Å². The van der Waals surface area contributed by atoms with E-state index in [2.05, 4.69) is 0 Å². The average molecular weight is 274 g/mol. The van der Waals surface area contributed by atoms with Crippen LogP contribution in [0.25, 0.3) is 0 Å². The van der Waals surface area contributed by atoms with Crippen molar-refractivity contribution >= 4 is 16.8 Å². The Balaban J connectivity index is 2.92. The molecule has 0 saturated heterocycles. The van der Waals surface area contributed by atoms with E-state index in [0.29, 0.717) is 5.75 Å². The van der Waals surface area contributed by atoms with Gasteiger partial charge in [0.15, 0.2) is 0 Å². The summed E-state index contributed by atoms with van der Waals surface area (Å²) in [7, 11) is -0.294. The Morgan fingerprint density at radius 1 is 1.50 bits per heavy atom. The highest BCUT2D eigenvalue weighted by molar-refractivity contribution is 7.86. The Hall–Kier alpha value is -1.43. The molecule has 1 atom stereocenters. The van der Waals surface area contributed by atoms with Crippen LogP contribution in [-0.2, 0) is 21.3 Å². The number of halogens is 1. The normalized spacial score (nSPS) is 13.1. The molecule has 0 aliphatic carbocycles. The highest BCUT2D eigenvalue weighted by atomic mass is 32.2. The highest BCUT2D eigenvalue weighted by Gasteiger charge is 2.34. The second-order valence-electron chi connectivity index (χ2n) is 4.26. The quantitative estimate of drug-likeness (QED) is 0.891. The number of hydrogen-bond donors (Lipinski definition) is 1. The topological polar surface area (TPSA) is 63.6 Å². The average Bonchev–Trinajstić information content (AvgIpc) is 2.31. The summed E-state index contributed by atoms with van der Waals surface area (Å²) in [6.07, 6.45) is 0. The Kier molecular flexibility index (Phi) is 4.45. The van der Waals surface area contributed by atoms with Crippen LogP contribution in [0.1, 0.15) is 19.4 Å². The molecule has 1 unspecified atom stereocenters. The number of rotatable bonds is 5. The van der Waals surface area contributed by atoms with Crippen LogP contribution in [0.5, 0.6) is 5.75 Å². The van der Waals surface area contributed by atoms with Crippen LogP contribution >= 0.6 is 0 Å². The van der Waals surface area contributed by atoms with Crippen LogP contribution in [-0.4, -0.2) is 27.1 Å². The Labute approximate surface area is 107 Å². The van der Waals surface area contributed by atoms with Crippen molar-refractivity contribution in [2.45, 2.75) is 24.3 Å². The van der Waals surface area contributed by atoms with Crippen LogP contribution < -0.4 is 4.74 Å². The van der Waals surface area contributed by atoms with E-state index in [1.165, 1.54) is 33.1 Å². The molecule has 0 aliphatic rings. The summed E-state index contributed by atoms with van der Waals surface area (Å²) in [5.41, 5.74) is 0.212. The number of carbonyl (C=O) groups is 1. The van der Waals surface area contributed by atoms with Gasteiger partial charge in [-0.25, -0.2) is 4.39 Å². The molecule has 18 heavy (non-hydrogen) atoms. The van der Waals surface area contributed by atoms with Gasteiger partial charge in [-0.1, -0.05) is 6.07 Å². The molecule has 1 aromatic rings. The van der Waals surface area contributed by atoms with Crippen LogP contribution in [0.3, 0.4) is 0 Å². The van der Waals surface area contributed by atoms with Gasteiger partial charge in [0.05, 0.1) is 12.9 Å². The fourth-order valence-electron chi connectivity index (χ4n) is 1.19. The van der Waals surface area contributed by atoms with E-state index in [9.17, 15) is 13.4 Å². The summed E-state index contributed by atoms with van der Waals surface area (Å²) in [4.78, 5) is 10.9. The second-order valence-corrected chi connectivity index (χ2v) is 6.26. The molecular weight excluding hydrogens is 259 g/mol. The molecule has 0 amide bonds. The van der Waals surface area contributed by atoms with Crippen molar-refractivity contribution in [3.63, 3.8) is 0 Å². The molecular formula is C12H15FO4S. The van der Waals surface area contributed by atoms with Gasteiger partial charge < -0.3 is 9.84 Å². The van der Waals surface area contributed by atoms with Gasteiger partial charge in [-0.3, -0.25) is 9.00 Å². The number of carboxylic acids is 1. The molecule has 1 aromatic carbocycles. The van der Waals surface area contributed by atoms with Crippen LogP contribution in [0, 0.1) is 5.82 Å². The maximum Gasteiger partial charge on any atom is 0.321 e. The van der Waals surface area contributed by atoms with Crippen molar-refractivity contribution in [1.29, 1.82) is 0 Å². The molecule has 0 bridgehead atoms. The molecule has 0 saturated carbocycles. The second kappa shape index (κ2) is 5.48. The summed E-state index contributed by atoms with van der Waals surface area (Å²) in [5, 5.41) is 8.93. The molecule has 1 rings (SSSR count). The molecule has 4 nitrogen and oxygen atoms in total. The third kappa shape index (κ3) is 3.07. The Morgan fingerprint density at radius 2 is 2.11 bits per heavy atom. The zero-order chi connectivity index (χ0) is 13.9. The fraction of sp³-hybridized carbons (Fsp3) is 0.417. The lowest BCUT2D eigenvalue weighted by Gasteiger charge is -2.18. The summed E-state index contributed by atoms with van der Waals surface area (Å²) in [6, 6.07) is 4.17. The maximum absolute atomic E-state index is 13.6. The summed E-state index contributed by atoms with van der Waals surface area (Å²) in [5.74, 6) is -1.51. The third-order valence-corrected chi connectivity index (χ3v) is 4.52. The lowest BCUT2D eigenvalue weighted by Crippen LogP contribution is -2.37. The van der Waals surface area contributed by atoms with Gasteiger partial charge in [0, 0.05) is 22.4 Å². The first kappa shape index (κ1) is 14.6. The van der Waals surface area contributed by atoms with E-state index in [0.717, 1.165) is 0 Å². The van der Waals surface area contributed by atoms with Crippen molar-refractivity contribution in [3.8, 4) is 5.75 Å². The van der Waals surface area contributed by atoms with Crippen LogP contribution in [0.2, 0.25) is 0 Å². The zero-order valence-electron chi connectivity index (χ0n) is 10.4. The smallest absolute Gasteiger partial charge is 0.321 e. The maximum atomic E-state index is 13.6. The van der Waals surface area contributed by atoms with E-state index in [1.54, 1.807) is 6.07 Å². The molecule has 0 heterocycles. The SMILES string of the molecule is COc1ccc(CS(=O)C(C)(C)C(=O)O)c(F)c1. The molecule has 0 aromatic heterocycles. The molecule has 0 spiro atoms. The van der Waals surface area contributed by atoms with Crippen LogP contribution in [0.4, 0.5) is 4.39 Å². The number of benzene rings is 1. The summed E-state index contributed by atoms with van der Waals surface area (Å²) >= 11 is 0. The number of aliphatic carboxylic acids is 1. The minimum absolute atomic E-state index is 0.144. The lowest BCUT2D eigenvalue weighted by molar-refractivity contribution is -0.139. The minimum Gasteiger partial charge on any atom is -0.497 e. The number of carboxylic acid groups (broad SMARTS) is 1. The Bertz CT molecular complexity index is 485. The molecule has 100 valence electrons. The largest absolute Gasteiger partial charge is 0.497 e.